The molecule has 0 aromatic heterocycles. The first kappa shape index (κ1) is 15.4. The fraction of sp³-hybridized carbons (Fsp3) is 0.600. The van der Waals surface area contributed by atoms with Gasteiger partial charge in [0.25, 0.3) is 0 Å². The first-order valence-electron chi connectivity index (χ1n) is 6.73. The molecule has 0 bridgehead atoms. The SMILES string of the molecule is CCSCCOc1ccc(CCC(C)NC)cc1. The van der Waals surface area contributed by atoms with E-state index in [2.05, 4.69) is 43.4 Å². The van der Waals surface area contributed by atoms with Crippen molar-refractivity contribution in [3.8, 4) is 5.75 Å². The number of aryl methyl sites for hydroxylation is 1. The highest BCUT2D eigenvalue weighted by Crippen LogP contribution is 2.14. The van der Waals surface area contributed by atoms with Crippen LogP contribution in [-0.2, 0) is 6.42 Å². The molecule has 0 saturated carbocycles. The maximum atomic E-state index is 5.68. The summed E-state index contributed by atoms with van der Waals surface area (Å²) in [5.41, 5.74) is 1.38. The van der Waals surface area contributed by atoms with E-state index in [9.17, 15) is 0 Å². The van der Waals surface area contributed by atoms with Crippen LogP contribution < -0.4 is 10.1 Å². The molecular weight excluding hydrogens is 242 g/mol. The molecule has 3 heteroatoms. The van der Waals surface area contributed by atoms with Crippen molar-refractivity contribution >= 4 is 11.8 Å². The molecule has 0 aliphatic rings. The van der Waals surface area contributed by atoms with E-state index in [0.29, 0.717) is 6.04 Å². The average Bonchev–Trinajstić information content (AvgIpc) is 2.42. The molecule has 0 spiro atoms. The van der Waals surface area contributed by atoms with Gasteiger partial charge in [0.1, 0.15) is 5.75 Å². The van der Waals surface area contributed by atoms with Gasteiger partial charge in [0, 0.05) is 11.8 Å². The van der Waals surface area contributed by atoms with Crippen molar-refractivity contribution in [1.82, 2.24) is 5.32 Å². The number of rotatable bonds is 9. The lowest BCUT2D eigenvalue weighted by Gasteiger charge is -2.10. The topological polar surface area (TPSA) is 21.3 Å². The van der Waals surface area contributed by atoms with Crippen LogP contribution in [0, 0.1) is 0 Å². The zero-order valence-electron chi connectivity index (χ0n) is 11.7. The summed E-state index contributed by atoms with van der Waals surface area (Å²) in [6.07, 6.45) is 2.29. The van der Waals surface area contributed by atoms with E-state index >= 15 is 0 Å². The van der Waals surface area contributed by atoms with Gasteiger partial charge in [0.05, 0.1) is 6.61 Å². The second-order valence-corrected chi connectivity index (χ2v) is 5.81. The van der Waals surface area contributed by atoms with Crippen molar-refractivity contribution in [2.24, 2.45) is 0 Å². The highest BCUT2D eigenvalue weighted by atomic mass is 32.2. The summed E-state index contributed by atoms with van der Waals surface area (Å²) in [5.74, 6) is 3.21. The smallest absolute Gasteiger partial charge is 0.119 e. The van der Waals surface area contributed by atoms with Crippen LogP contribution in [0.15, 0.2) is 24.3 Å². The van der Waals surface area contributed by atoms with Crippen LogP contribution in [0.1, 0.15) is 25.8 Å². The lowest BCUT2D eigenvalue weighted by atomic mass is 10.1. The predicted molar refractivity (Wildman–Crippen MR) is 81.8 cm³/mol. The summed E-state index contributed by atoms with van der Waals surface area (Å²) in [5, 5.41) is 3.26. The van der Waals surface area contributed by atoms with Gasteiger partial charge >= 0.3 is 0 Å². The van der Waals surface area contributed by atoms with Gasteiger partial charge in [0.15, 0.2) is 0 Å². The Kier molecular flexibility index (Phi) is 7.94. The van der Waals surface area contributed by atoms with Crippen LogP contribution >= 0.6 is 11.8 Å². The summed E-state index contributed by atoms with van der Waals surface area (Å²) in [6.45, 7) is 5.18. The van der Waals surface area contributed by atoms with E-state index in [-0.39, 0.29) is 0 Å². The number of thioether (sulfide) groups is 1. The molecule has 0 aliphatic heterocycles. The highest BCUT2D eigenvalue weighted by Gasteiger charge is 2.00. The van der Waals surface area contributed by atoms with Crippen LogP contribution in [0.2, 0.25) is 0 Å². The zero-order valence-corrected chi connectivity index (χ0v) is 12.6. The van der Waals surface area contributed by atoms with Gasteiger partial charge in [-0.3, -0.25) is 0 Å². The van der Waals surface area contributed by atoms with Crippen LogP contribution in [0.4, 0.5) is 0 Å². The molecule has 0 fully saturated rings. The average molecular weight is 267 g/mol. The third-order valence-corrected chi connectivity index (χ3v) is 3.85. The summed E-state index contributed by atoms with van der Waals surface area (Å²) in [7, 11) is 2.01. The molecule has 0 saturated heterocycles. The summed E-state index contributed by atoms with van der Waals surface area (Å²) < 4.78 is 5.68. The van der Waals surface area contributed by atoms with Crippen molar-refractivity contribution in [1.29, 1.82) is 0 Å². The molecule has 102 valence electrons. The Morgan fingerprint density at radius 2 is 2.00 bits per heavy atom. The van der Waals surface area contributed by atoms with Gasteiger partial charge in [-0.25, -0.2) is 0 Å². The van der Waals surface area contributed by atoms with Gasteiger partial charge in [-0.05, 0) is 50.3 Å². The van der Waals surface area contributed by atoms with E-state index < -0.39 is 0 Å². The number of nitrogens with one attached hydrogen (secondary N) is 1. The van der Waals surface area contributed by atoms with E-state index in [0.717, 1.165) is 30.3 Å². The van der Waals surface area contributed by atoms with Gasteiger partial charge in [-0.2, -0.15) is 11.8 Å². The third kappa shape index (κ3) is 6.31. The van der Waals surface area contributed by atoms with E-state index in [1.165, 1.54) is 12.0 Å². The molecule has 1 atom stereocenters. The van der Waals surface area contributed by atoms with Gasteiger partial charge < -0.3 is 10.1 Å². The molecule has 0 heterocycles. The first-order chi connectivity index (χ1) is 8.76. The molecule has 2 nitrogen and oxygen atoms in total. The molecule has 1 N–H and O–H groups in total. The van der Waals surface area contributed by atoms with Gasteiger partial charge in [0.2, 0.25) is 0 Å². The fourth-order valence-electron chi connectivity index (χ4n) is 1.64. The van der Waals surface area contributed by atoms with Crippen LogP contribution in [0.25, 0.3) is 0 Å². The van der Waals surface area contributed by atoms with Crippen molar-refractivity contribution in [2.75, 3.05) is 25.2 Å². The van der Waals surface area contributed by atoms with Crippen LogP contribution in [-0.4, -0.2) is 31.2 Å². The Morgan fingerprint density at radius 1 is 1.28 bits per heavy atom. The molecule has 1 aromatic carbocycles. The maximum Gasteiger partial charge on any atom is 0.119 e. The summed E-state index contributed by atoms with van der Waals surface area (Å²) >= 11 is 1.91. The Bertz CT molecular complexity index is 313. The minimum atomic E-state index is 0.576. The van der Waals surface area contributed by atoms with Gasteiger partial charge in [-0.1, -0.05) is 19.1 Å². The second kappa shape index (κ2) is 9.29. The quantitative estimate of drug-likeness (QED) is 0.693. The molecule has 18 heavy (non-hydrogen) atoms. The lowest BCUT2D eigenvalue weighted by molar-refractivity contribution is 0.344. The summed E-state index contributed by atoms with van der Waals surface area (Å²) in [6, 6.07) is 9.08. The van der Waals surface area contributed by atoms with Crippen LogP contribution in [0.5, 0.6) is 5.75 Å². The second-order valence-electron chi connectivity index (χ2n) is 4.42. The number of benzene rings is 1. The Morgan fingerprint density at radius 3 is 2.61 bits per heavy atom. The van der Waals surface area contributed by atoms with Crippen molar-refractivity contribution in [2.45, 2.75) is 32.7 Å². The van der Waals surface area contributed by atoms with E-state index in [4.69, 9.17) is 4.74 Å². The molecule has 0 amide bonds. The summed E-state index contributed by atoms with van der Waals surface area (Å²) in [4.78, 5) is 0. The molecule has 0 radical (unpaired) electrons. The Labute approximate surface area is 116 Å². The third-order valence-electron chi connectivity index (χ3n) is 2.98. The number of hydrogen-bond donors (Lipinski definition) is 1. The van der Waals surface area contributed by atoms with E-state index in [1.54, 1.807) is 0 Å². The van der Waals surface area contributed by atoms with E-state index in [1.807, 2.05) is 18.8 Å². The predicted octanol–water partition coefficient (Wildman–Crippen LogP) is 3.36. The zero-order chi connectivity index (χ0) is 13.2. The Balaban J connectivity index is 2.28. The lowest BCUT2D eigenvalue weighted by Crippen LogP contribution is -2.21. The molecular formula is C15H25NOS. The minimum absolute atomic E-state index is 0.576. The standard InChI is InChI=1S/C15H25NOS/c1-4-18-12-11-17-15-9-7-14(8-10-15)6-5-13(2)16-3/h7-10,13,16H,4-6,11-12H2,1-3H3. The normalized spacial score (nSPS) is 12.4. The van der Waals surface area contributed by atoms with Gasteiger partial charge in [-0.15, -0.1) is 0 Å². The van der Waals surface area contributed by atoms with Crippen LogP contribution in [0.3, 0.4) is 0 Å². The minimum Gasteiger partial charge on any atom is -0.493 e. The largest absolute Gasteiger partial charge is 0.493 e. The number of hydrogen-bond acceptors (Lipinski definition) is 3. The maximum absolute atomic E-state index is 5.68. The highest BCUT2D eigenvalue weighted by molar-refractivity contribution is 7.99. The van der Waals surface area contributed by atoms with Crippen molar-refractivity contribution in [3.05, 3.63) is 29.8 Å². The Hall–Kier alpha value is -0.670. The molecule has 1 rings (SSSR count). The first-order valence-corrected chi connectivity index (χ1v) is 7.88. The molecule has 0 aliphatic carbocycles. The number of ether oxygens (including phenoxy) is 1. The monoisotopic (exact) mass is 267 g/mol. The van der Waals surface area contributed by atoms with Crippen molar-refractivity contribution < 1.29 is 4.74 Å². The fourth-order valence-corrected chi connectivity index (χ4v) is 2.13. The van der Waals surface area contributed by atoms with Crippen molar-refractivity contribution in [3.63, 3.8) is 0 Å². The molecule has 1 aromatic rings. The molecule has 1 unspecified atom stereocenters.